The molecule has 0 aromatic carbocycles. The van der Waals surface area contributed by atoms with Crippen LogP contribution in [0.3, 0.4) is 0 Å². The second-order valence-corrected chi connectivity index (χ2v) is 14.3. The van der Waals surface area contributed by atoms with Crippen molar-refractivity contribution in [3.05, 3.63) is 11.0 Å². The highest BCUT2D eigenvalue weighted by Gasteiger charge is 2.74. The quantitative estimate of drug-likeness (QED) is 0.647. The van der Waals surface area contributed by atoms with E-state index in [1.54, 1.807) is 5.41 Å². The van der Waals surface area contributed by atoms with E-state index in [0.717, 1.165) is 68.1 Å². The third-order valence-corrected chi connectivity index (χ3v) is 12.9. The zero-order chi connectivity index (χ0) is 18.9. The van der Waals surface area contributed by atoms with Crippen molar-refractivity contribution in [1.82, 2.24) is 0 Å². The first kappa shape index (κ1) is 17.1. The summed E-state index contributed by atoms with van der Waals surface area (Å²) in [5.41, 5.74) is 0.858. The van der Waals surface area contributed by atoms with Crippen LogP contribution < -0.4 is 0 Å². The lowest BCUT2D eigenvalue weighted by molar-refractivity contribution is -0.125. The van der Waals surface area contributed by atoms with Crippen LogP contribution in [0.1, 0.15) is 77.0 Å². The van der Waals surface area contributed by atoms with Crippen molar-refractivity contribution in [3.8, 4) is 0 Å². The molecule has 1 unspecified atom stereocenters. The monoisotopic (exact) mass is 400 g/mol. The van der Waals surface area contributed by atoms with Gasteiger partial charge in [-0.25, -0.2) is 8.42 Å². The lowest BCUT2D eigenvalue weighted by atomic mass is 9.41. The maximum Gasteiger partial charge on any atom is 0.188 e. The summed E-state index contributed by atoms with van der Waals surface area (Å²) >= 11 is 0. The number of carbonyl (C=O) groups is 1. The molecule has 0 aromatic rings. The van der Waals surface area contributed by atoms with Gasteiger partial charge in [0.1, 0.15) is 6.29 Å². The standard InChI is InChI=1S/C24H32O3S/c25-14-24(23-10-18-4-19(11-23)6-20(5-18)12-23)21(13-28(24,26)27)22-7-15-1-16(8-22)3-17(2-15)9-22/h13-20H,1-12H2. The second-order valence-electron chi connectivity index (χ2n) is 12.3. The van der Waals surface area contributed by atoms with Crippen molar-refractivity contribution < 1.29 is 13.2 Å². The minimum Gasteiger partial charge on any atom is -0.301 e. The Balaban J connectivity index is 1.38. The SMILES string of the molecule is O=CC1(C23CC4CC(CC(C4)C2)C3)C(C23CC4CC(CC(C4)C2)C3)=CS1(=O)=O. The summed E-state index contributed by atoms with van der Waals surface area (Å²) in [7, 11) is -3.47. The first-order valence-electron chi connectivity index (χ1n) is 11.8. The molecule has 8 saturated carbocycles. The lowest BCUT2D eigenvalue weighted by Gasteiger charge is -2.67. The van der Waals surface area contributed by atoms with Crippen LogP contribution in [-0.2, 0) is 14.6 Å². The van der Waals surface area contributed by atoms with Crippen molar-refractivity contribution >= 4 is 16.1 Å². The summed E-state index contributed by atoms with van der Waals surface area (Å²) in [5.74, 6) is 4.31. The van der Waals surface area contributed by atoms with Gasteiger partial charge in [0.15, 0.2) is 14.6 Å². The Hall–Kier alpha value is -0.640. The van der Waals surface area contributed by atoms with E-state index in [2.05, 4.69) is 0 Å². The predicted octanol–water partition coefficient (Wildman–Crippen LogP) is 4.67. The Kier molecular flexibility index (Phi) is 3.04. The minimum atomic E-state index is -3.47. The molecule has 152 valence electrons. The van der Waals surface area contributed by atoms with Gasteiger partial charge >= 0.3 is 0 Å². The van der Waals surface area contributed by atoms with Crippen LogP contribution in [-0.4, -0.2) is 19.5 Å². The molecule has 1 atom stereocenters. The average Bonchev–Trinajstić information content (AvgIpc) is 2.58. The van der Waals surface area contributed by atoms with Crippen molar-refractivity contribution in [2.75, 3.05) is 0 Å². The predicted molar refractivity (Wildman–Crippen MR) is 107 cm³/mol. The number of aldehydes is 1. The molecule has 8 bridgehead atoms. The number of hydrogen-bond donors (Lipinski definition) is 0. The molecule has 1 heterocycles. The maximum absolute atomic E-state index is 13.5. The molecule has 0 amide bonds. The van der Waals surface area contributed by atoms with Gasteiger partial charge in [-0.1, -0.05) is 0 Å². The first-order chi connectivity index (χ1) is 13.4. The molecule has 9 rings (SSSR count). The van der Waals surface area contributed by atoms with E-state index in [9.17, 15) is 13.2 Å². The number of hydrogen-bond acceptors (Lipinski definition) is 3. The van der Waals surface area contributed by atoms with Crippen LogP contribution in [0.4, 0.5) is 0 Å². The topological polar surface area (TPSA) is 51.2 Å². The summed E-state index contributed by atoms with van der Waals surface area (Å²) in [5, 5.41) is 1.62. The first-order valence-corrected chi connectivity index (χ1v) is 13.4. The van der Waals surface area contributed by atoms with E-state index < -0.39 is 14.6 Å². The highest BCUT2D eigenvalue weighted by molar-refractivity contribution is 7.98. The molecule has 3 nitrogen and oxygen atoms in total. The molecular weight excluding hydrogens is 368 g/mol. The number of rotatable bonds is 3. The zero-order valence-corrected chi connectivity index (χ0v) is 17.6. The van der Waals surface area contributed by atoms with Crippen LogP contribution >= 0.6 is 0 Å². The van der Waals surface area contributed by atoms with Gasteiger partial charge in [0, 0.05) is 10.8 Å². The molecule has 0 N–H and O–H groups in total. The minimum absolute atomic E-state index is 0.0321. The summed E-state index contributed by atoms with van der Waals surface area (Å²) in [4.78, 5) is 12.9. The summed E-state index contributed by atoms with van der Waals surface area (Å²) in [6.45, 7) is 0. The molecule has 9 aliphatic rings. The summed E-state index contributed by atoms with van der Waals surface area (Å²) in [6.07, 6.45) is 15.3. The molecule has 1 aliphatic heterocycles. The van der Waals surface area contributed by atoms with Gasteiger partial charge in [0.25, 0.3) is 0 Å². The van der Waals surface area contributed by atoms with Crippen LogP contribution in [0.2, 0.25) is 0 Å². The van der Waals surface area contributed by atoms with Crippen LogP contribution in [0, 0.1) is 46.3 Å². The smallest absolute Gasteiger partial charge is 0.188 e. The molecule has 0 radical (unpaired) electrons. The molecule has 4 heteroatoms. The molecule has 8 aliphatic carbocycles. The fourth-order valence-corrected chi connectivity index (χ4v) is 13.1. The van der Waals surface area contributed by atoms with Gasteiger partial charge in [-0.15, -0.1) is 0 Å². The van der Waals surface area contributed by atoms with E-state index in [1.807, 2.05) is 0 Å². The molecule has 0 spiro atoms. The molecule has 8 fully saturated rings. The van der Waals surface area contributed by atoms with E-state index in [1.165, 1.54) is 38.5 Å². The van der Waals surface area contributed by atoms with Gasteiger partial charge in [0.05, 0.1) is 0 Å². The highest BCUT2D eigenvalue weighted by atomic mass is 32.2. The van der Waals surface area contributed by atoms with E-state index >= 15 is 0 Å². The zero-order valence-electron chi connectivity index (χ0n) is 16.7. The van der Waals surface area contributed by atoms with Gasteiger partial charge in [-0.05, 0) is 124 Å². The van der Waals surface area contributed by atoms with E-state index in [-0.39, 0.29) is 10.8 Å². The maximum atomic E-state index is 13.5. The lowest BCUT2D eigenvalue weighted by Crippen LogP contribution is -2.69. The van der Waals surface area contributed by atoms with Crippen molar-refractivity contribution in [2.45, 2.75) is 81.8 Å². The van der Waals surface area contributed by atoms with Gasteiger partial charge < -0.3 is 4.79 Å². The Morgan fingerprint density at radius 2 is 1.11 bits per heavy atom. The normalized spacial score (nSPS) is 59.8. The second kappa shape index (κ2) is 4.98. The molecule has 0 aromatic heterocycles. The van der Waals surface area contributed by atoms with Gasteiger partial charge in [-0.2, -0.15) is 0 Å². The molecule has 28 heavy (non-hydrogen) atoms. The average molecular weight is 401 g/mol. The number of sulfone groups is 1. The Morgan fingerprint density at radius 3 is 1.46 bits per heavy atom. The third kappa shape index (κ3) is 1.80. The largest absolute Gasteiger partial charge is 0.301 e. The summed E-state index contributed by atoms with van der Waals surface area (Å²) < 4.78 is 25.8. The molecule has 0 saturated heterocycles. The van der Waals surface area contributed by atoms with Crippen molar-refractivity contribution in [3.63, 3.8) is 0 Å². The Morgan fingerprint density at radius 1 is 0.714 bits per heavy atom. The fraction of sp³-hybridized carbons (Fsp3) is 0.875. The van der Waals surface area contributed by atoms with Crippen LogP contribution in [0.5, 0.6) is 0 Å². The number of carbonyl (C=O) groups excluding carboxylic acids is 1. The fourth-order valence-electron chi connectivity index (χ4n) is 10.8. The Bertz CT molecular complexity index is 826. The van der Waals surface area contributed by atoms with E-state index in [0.29, 0.717) is 17.8 Å². The van der Waals surface area contributed by atoms with Crippen LogP contribution in [0.15, 0.2) is 11.0 Å². The highest BCUT2D eigenvalue weighted by Crippen LogP contribution is 2.73. The summed E-state index contributed by atoms with van der Waals surface area (Å²) in [6, 6.07) is 0. The van der Waals surface area contributed by atoms with Gasteiger partial charge in [-0.3, -0.25) is 0 Å². The van der Waals surface area contributed by atoms with Crippen LogP contribution in [0.25, 0.3) is 0 Å². The van der Waals surface area contributed by atoms with Crippen molar-refractivity contribution in [1.29, 1.82) is 0 Å². The van der Waals surface area contributed by atoms with Crippen molar-refractivity contribution in [2.24, 2.45) is 46.3 Å². The third-order valence-electron chi connectivity index (χ3n) is 10.7. The molecular formula is C24H32O3S. The van der Waals surface area contributed by atoms with E-state index in [4.69, 9.17) is 0 Å². The van der Waals surface area contributed by atoms with Gasteiger partial charge in [0.2, 0.25) is 0 Å². The Labute approximate surface area is 168 Å².